The van der Waals surface area contributed by atoms with E-state index < -0.39 is 0 Å². The Kier molecular flexibility index (Phi) is 5.61. The molecule has 0 saturated heterocycles. The monoisotopic (exact) mass is 326 g/mol. The van der Waals surface area contributed by atoms with Gasteiger partial charge < -0.3 is 16.2 Å². The minimum absolute atomic E-state index is 0.222. The zero-order valence-electron chi connectivity index (χ0n) is 12.9. The van der Waals surface area contributed by atoms with E-state index in [0.717, 1.165) is 23.1 Å². The molecule has 0 atom stereocenters. The summed E-state index contributed by atoms with van der Waals surface area (Å²) in [6.45, 7) is 2.04. The second-order valence-electron chi connectivity index (χ2n) is 5.14. The average molecular weight is 327 g/mol. The van der Waals surface area contributed by atoms with Crippen LogP contribution in [0.15, 0.2) is 60.3 Å². The van der Waals surface area contributed by atoms with E-state index in [2.05, 4.69) is 0 Å². The normalized spacial score (nSPS) is 11.8. The van der Waals surface area contributed by atoms with Gasteiger partial charge in [0, 0.05) is 16.3 Å². The Balaban J connectivity index is 2.12. The van der Waals surface area contributed by atoms with Crippen LogP contribution in [0.4, 0.5) is 0 Å². The summed E-state index contributed by atoms with van der Waals surface area (Å²) < 4.78 is 0. The molecule has 0 spiro atoms. The Labute approximate surface area is 141 Å². The van der Waals surface area contributed by atoms with Gasteiger partial charge in [-0.2, -0.15) is 0 Å². The first-order valence-corrected chi connectivity index (χ1v) is 7.69. The van der Waals surface area contributed by atoms with Gasteiger partial charge in [-0.1, -0.05) is 48.9 Å². The molecule has 2 aromatic rings. The van der Waals surface area contributed by atoms with Crippen molar-refractivity contribution in [3.8, 4) is 5.75 Å². The third-order valence-electron chi connectivity index (χ3n) is 3.42. The maximum absolute atomic E-state index is 9.24. The van der Waals surface area contributed by atoms with Crippen LogP contribution in [-0.4, -0.2) is 10.8 Å². The van der Waals surface area contributed by atoms with Gasteiger partial charge in [-0.05, 0) is 47.9 Å². The molecule has 4 N–H and O–H groups in total. The highest BCUT2D eigenvalue weighted by Crippen LogP contribution is 2.19. The van der Waals surface area contributed by atoms with E-state index in [9.17, 15) is 5.11 Å². The standard InChI is InChI=1S/C19H19ClN2O/c1-2-14-6-7-15(11-18(14)20)19(22)12-16(21)8-3-13-4-9-17(23)10-5-13/h3-12,22-23H,2,21H2,1H3/b8-3+,16-12-,22-19?. The van der Waals surface area contributed by atoms with Crippen molar-refractivity contribution in [1.29, 1.82) is 5.41 Å². The van der Waals surface area contributed by atoms with Crippen LogP contribution in [0.5, 0.6) is 5.75 Å². The van der Waals surface area contributed by atoms with Crippen molar-refractivity contribution < 1.29 is 5.11 Å². The van der Waals surface area contributed by atoms with E-state index in [-0.39, 0.29) is 5.75 Å². The Morgan fingerprint density at radius 2 is 1.91 bits per heavy atom. The first kappa shape index (κ1) is 16.8. The molecule has 0 bridgehead atoms. The minimum atomic E-state index is 0.222. The number of allylic oxidation sites excluding steroid dienone is 2. The number of aromatic hydroxyl groups is 1. The number of nitrogens with two attached hydrogens (primary N) is 1. The molecule has 0 saturated carbocycles. The fourth-order valence-electron chi connectivity index (χ4n) is 2.08. The van der Waals surface area contributed by atoms with Crippen LogP contribution in [0.25, 0.3) is 6.08 Å². The Hall–Kier alpha value is -2.52. The predicted molar refractivity (Wildman–Crippen MR) is 97.1 cm³/mol. The smallest absolute Gasteiger partial charge is 0.115 e. The van der Waals surface area contributed by atoms with Crippen molar-refractivity contribution in [2.75, 3.05) is 0 Å². The molecule has 2 rings (SSSR count). The minimum Gasteiger partial charge on any atom is -0.508 e. The zero-order chi connectivity index (χ0) is 16.8. The van der Waals surface area contributed by atoms with Gasteiger partial charge in [0.15, 0.2) is 0 Å². The third-order valence-corrected chi connectivity index (χ3v) is 3.77. The number of rotatable bonds is 5. The molecule has 23 heavy (non-hydrogen) atoms. The number of phenols is 1. The van der Waals surface area contributed by atoms with Crippen molar-refractivity contribution in [3.63, 3.8) is 0 Å². The number of aryl methyl sites for hydroxylation is 1. The van der Waals surface area contributed by atoms with Crippen molar-refractivity contribution in [1.82, 2.24) is 0 Å². The molecule has 0 radical (unpaired) electrons. The van der Waals surface area contributed by atoms with Crippen molar-refractivity contribution in [3.05, 3.63) is 82.0 Å². The van der Waals surface area contributed by atoms with Gasteiger partial charge in [0.25, 0.3) is 0 Å². The number of hydrogen-bond donors (Lipinski definition) is 3. The Morgan fingerprint density at radius 3 is 2.52 bits per heavy atom. The maximum Gasteiger partial charge on any atom is 0.115 e. The molecule has 4 heteroatoms. The number of phenolic OH excluding ortho intramolecular Hbond substituents is 1. The van der Waals surface area contributed by atoms with Gasteiger partial charge in [-0.15, -0.1) is 0 Å². The van der Waals surface area contributed by atoms with Crippen LogP contribution in [0.2, 0.25) is 5.02 Å². The fraction of sp³-hybridized carbons (Fsp3) is 0.105. The molecule has 0 aliphatic rings. The largest absolute Gasteiger partial charge is 0.508 e. The molecule has 0 amide bonds. The molecule has 2 aromatic carbocycles. The highest BCUT2D eigenvalue weighted by atomic mass is 35.5. The summed E-state index contributed by atoms with van der Waals surface area (Å²) in [6.07, 6.45) is 6.00. The molecule has 0 unspecified atom stereocenters. The summed E-state index contributed by atoms with van der Waals surface area (Å²) >= 11 is 6.18. The average Bonchev–Trinajstić information content (AvgIpc) is 2.54. The summed E-state index contributed by atoms with van der Waals surface area (Å²) in [6, 6.07) is 12.4. The quantitative estimate of drug-likeness (QED) is 0.558. The first-order valence-electron chi connectivity index (χ1n) is 7.31. The maximum atomic E-state index is 9.24. The Bertz CT molecular complexity index is 761. The van der Waals surface area contributed by atoms with Crippen LogP contribution in [0.1, 0.15) is 23.6 Å². The highest BCUT2D eigenvalue weighted by molar-refractivity contribution is 6.31. The van der Waals surface area contributed by atoms with Gasteiger partial charge in [-0.25, -0.2) is 0 Å². The van der Waals surface area contributed by atoms with Crippen molar-refractivity contribution >= 4 is 23.4 Å². The lowest BCUT2D eigenvalue weighted by Crippen LogP contribution is -2.01. The lowest BCUT2D eigenvalue weighted by Gasteiger charge is -2.05. The molecule has 3 nitrogen and oxygen atoms in total. The van der Waals surface area contributed by atoms with Crippen LogP contribution in [0.3, 0.4) is 0 Å². The van der Waals surface area contributed by atoms with E-state index in [1.165, 1.54) is 0 Å². The second kappa shape index (κ2) is 7.65. The molecule has 0 heterocycles. The number of halogens is 1. The van der Waals surface area contributed by atoms with Gasteiger partial charge in [0.1, 0.15) is 5.75 Å². The third kappa shape index (κ3) is 4.73. The van der Waals surface area contributed by atoms with E-state index in [1.54, 1.807) is 42.5 Å². The van der Waals surface area contributed by atoms with Crippen molar-refractivity contribution in [2.24, 2.45) is 5.73 Å². The van der Waals surface area contributed by atoms with Gasteiger partial charge in [0.05, 0.1) is 5.71 Å². The summed E-state index contributed by atoms with van der Waals surface area (Å²) in [5.74, 6) is 0.222. The molecular weight excluding hydrogens is 308 g/mol. The number of nitrogens with one attached hydrogen (secondary N) is 1. The van der Waals surface area contributed by atoms with Crippen LogP contribution >= 0.6 is 11.6 Å². The fourth-order valence-corrected chi connectivity index (χ4v) is 2.39. The molecule has 0 aliphatic carbocycles. The number of benzene rings is 2. The van der Waals surface area contributed by atoms with Gasteiger partial charge in [-0.3, -0.25) is 0 Å². The summed E-state index contributed by atoms with van der Waals surface area (Å²) in [7, 11) is 0. The number of hydrogen-bond acceptors (Lipinski definition) is 3. The molecule has 0 aliphatic heterocycles. The van der Waals surface area contributed by atoms with E-state index >= 15 is 0 Å². The van der Waals surface area contributed by atoms with Gasteiger partial charge >= 0.3 is 0 Å². The van der Waals surface area contributed by atoms with Crippen LogP contribution < -0.4 is 5.73 Å². The molecular formula is C19H19ClN2O. The van der Waals surface area contributed by atoms with E-state index in [0.29, 0.717) is 16.4 Å². The Morgan fingerprint density at radius 1 is 1.22 bits per heavy atom. The summed E-state index contributed by atoms with van der Waals surface area (Å²) in [5.41, 5.74) is 9.42. The van der Waals surface area contributed by atoms with Crippen molar-refractivity contribution in [2.45, 2.75) is 13.3 Å². The molecule has 0 aromatic heterocycles. The van der Waals surface area contributed by atoms with Crippen LogP contribution in [0, 0.1) is 5.41 Å². The molecule has 0 fully saturated rings. The lowest BCUT2D eigenvalue weighted by atomic mass is 10.1. The molecule has 118 valence electrons. The predicted octanol–water partition coefficient (Wildman–Crippen LogP) is 4.53. The lowest BCUT2D eigenvalue weighted by molar-refractivity contribution is 0.475. The van der Waals surface area contributed by atoms with Gasteiger partial charge in [0.2, 0.25) is 0 Å². The second-order valence-corrected chi connectivity index (χ2v) is 5.55. The van der Waals surface area contributed by atoms with E-state index in [4.69, 9.17) is 22.7 Å². The highest BCUT2D eigenvalue weighted by Gasteiger charge is 2.03. The topological polar surface area (TPSA) is 70.1 Å². The zero-order valence-corrected chi connectivity index (χ0v) is 13.6. The summed E-state index contributed by atoms with van der Waals surface area (Å²) in [5, 5.41) is 18.0. The van der Waals surface area contributed by atoms with Crippen LogP contribution in [-0.2, 0) is 6.42 Å². The first-order chi connectivity index (χ1) is 11.0. The SMILES string of the molecule is CCc1ccc(C(=N)/C=C(N)/C=C/c2ccc(O)cc2)cc1Cl. The summed E-state index contributed by atoms with van der Waals surface area (Å²) in [4.78, 5) is 0. The van der Waals surface area contributed by atoms with E-state index in [1.807, 2.05) is 25.1 Å².